The van der Waals surface area contributed by atoms with Crippen LogP contribution >= 0.6 is 24.0 Å². The molecule has 1 aromatic rings. The summed E-state index contributed by atoms with van der Waals surface area (Å²) < 4.78 is 26.8. The molecule has 1 fully saturated rings. The number of guanidine groups is 1. The SMILES string of the molecule is I.O=S(=O)(NC1CC1)c1ccc(CNC2=NCCCN2)cc1. The average molecular weight is 436 g/mol. The van der Waals surface area contributed by atoms with Gasteiger partial charge in [-0.15, -0.1) is 24.0 Å². The zero-order valence-corrected chi connectivity index (χ0v) is 15.4. The molecule has 0 spiro atoms. The summed E-state index contributed by atoms with van der Waals surface area (Å²) in [6, 6.07) is 7.09. The van der Waals surface area contributed by atoms with Crippen LogP contribution in [0.2, 0.25) is 0 Å². The first-order valence-electron chi connectivity index (χ1n) is 7.27. The Kier molecular flexibility index (Phi) is 6.04. The van der Waals surface area contributed by atoms with E-state index in [-0.39, 0.29) is 30.0 Å². The number of rotatable bonds is 5. The predicted octanol–water partition coefficient (Wildman–Crippen LogP) is 1.18. The van der Waals surface area contributed by atoms with Crippen LogP contribution in [0.15, 0.2) is 34.2 Å². The molecule has 3 rings (SSSR count). The molecule has 0 atom stereocenters. The standard InChI is InChI=1S/C14H20N4O2S.HI/c19-21(20,18-12-4-5-12)13-6-2-11(3-7-13)10-17-14-15-8-1-9-16-14;/h2-3,6-7,12,18H,1,4-5,8-10H2,(H2,15,16,17);1H. The molecule has 0 radical (unpaired) electrons. The molecule has 0 aromatic heterocycles. The van der Waals surface area contributed by atoms with Gasteiger partial charge in [0.1, 0.15) is 0 Å². The monoisotopic (exact) mass is 436 g/mol. The zero-order chi connectivity index (χ0) is 14.7. The molecule has 1 aromatic carbocycles. The molecular weight excluding hydrogens is 415 g/mol. The van der Waals surface area contributed by atoms with Crippen molar-refractivity contribution < 1.29 is 8.42 Å². The quantitative estimate of drug-likeness (QED) is 0.606. The maximum absolute atomic E-state index is 12.0. The fourth-order valence-electron chi connectivity index (χ4n) is 2.11. The van der Waals surface area contributed by atoms with E-state index in [1.54, 1.807) is 12.1 Å². The van der Waals surface area contributed by atoms with Gasteiger partial charge >= 0.3 is 0 Å². The Morgan fingerprint density at radius 1 is 1.23 bits per heavy atom. The number of nitrogens with zero attached hydrogens (tertiary/aromatic N) is 1. The molecule has 0 amide bonds. The van der Waals surface area contributed by atoms with E-state index in [0.717, 1.165) is 43.9 Å². The molecule has 0 unspecified atom stereocenters. The van der Waals surface area contributed by atoms with Crippen LogP contribution in [0.25, 0.3) is 0 Å². The maximum atomic E-state index is 12.0. The first kappa shape index (κ1) is 17.5. The third-order valence-corrected chi connectivity index (χ3v) is 5.03. The Balaban J connectivity index is 0.00000176. The van der Waals surface area contributed by atoms with Gasteiger partial charge in [0.05, 0.1) is 4.90 Å². The molecule has 0 saturated heterocycles. The highest BCUT2D eigenvalue weighted by Crippen LogP contribution is 2.22. The second kappa shape index (κ2) is 7.60. The number of aliphatic imine (C=N–C) groups is 1. The molecule has 122 valence electrons. The van der Waals surface area contributed by atoms with Gasteiger partial charge in [0.25, 0.3) is 0 Å². The van der Waals surface area contributed by atoms with Crippen LogP contribution in [0.3, 0.4) is 0 Å². The van der Waals surface area contributed by atoms with Gasteiger partial charge in [-0.2, -0.15) is 0 Å². The molecule has 2 aliphatic rings. The predicted molar refractivity (Wildman–Crippen MR) is 97.0 cm³/mol. The largest absolute Gasteiger partial charge is 0.356 e. The van der Waals surface area contributed by atoms with Crippen molar-refractivity contribution in [3.63, 3.8) is 0 Å². The minimum absolute atomic E-state index is 0. The Labute approximate surface area is 148 Å². The van der Waals surface area contributed by atoms with Crippen molar-refractivity contribution in [2.24, 2.45) is 4.99 Å². The van der Waals surface area contributed by atoms with E-state index in [1.807, 2.05) is 12.1 Å². The van der Waals surface area contributed by atoms with Gasteiger partial charge in [0.2, 0.25) is 10.0 Å². The summed E-state index contributed by atoms with van der Waals surface area (Å²) in [5, 5.41) is 6.40. The number of hydrogen-bond donors (Lipinski definition) is 3. The van der Waals surface area contributed by atoms with Crippen molar-refractivity contribution in [1.29, 1.82) is 0 Å². The van der Waals surface area contributed by atoms with Crippen LogP contribution in [0.4, 0.5) is 0 Å². The smallest absolute Gasteiger partial charge is 0.240 e. The molecule has 0 bridgehead atoms. The summed E-state index contributed by atoms with van der Waals surface area (Å²) in [4.78, 5) is 4.65. The van der Waals surface area contributed by atoms with Gasteiger partial charge in [0.15, 0.2) is 5.96 Å². The average Bonchev–Trinajstić information content (AvgIpc) is 3.30. The Morgan fingerprint density at radius 2 is 1.95 bits per heavy atom. The lowest BCUT2D eigenvalue weighted by molar-refractivity contribution is 0.581. The maximum Gasteiger partial charge on any atom is 0.240 e. The molecular formula is C14H21IN4O2S. The first-order chi connectivity index (χ1) is 10.1. The Morgan fingerprint density at radius 3 is 2.55 bits per heavy atom. The second-order valence-corrected chi connectivity index (χ2v) is 7.12. The minimum atomic E-state index is -3.36. The van der Waals surface area contributed by atoms with E-state index in [9.17, 15) is 8.42 Å². The zero-order valence-electron chi connectivity index (χ0n) is 12.2. The highest BCUT2D eigenvalue weighted by molar-refractivity contribution is 14.0. The van der Waals surface area contributed by atoms with Gasteiger partial charge < -0.3 is 10.6 Å². The van der Waals surface area contributed by atoms with Crippen molar-refractivity contribution in [1.82, 2.24) is 15.4 Å². The van der Waals surface area contributed by atoms with Crippen molar-refractivity contribution in [3.8, 4) is 0 Å². The lowest BCUT2D eigenvalue weighted by Crippen LogP contribution is -2.40. The molecule has 6 nitrogen and oxygen atoms in total. The first-order valence-corrected chi connectivity index (χ1v) is 8.75. The second-order valence-electron chi connectivity index (χ2n) is 5.40. The van der Waals surface area contributed by atoms with Gasteiger partial charge in [0, 0.05) is 25.7 Å². The van der Waals surface area contributed by atoms with Gasteiger partial charge in [-0.1, -0.05) is 12.1 Å². The lowest BCUT2D eigenvalue weighted by Gasteiger charge is -2.16. The van der Waals surface area contributed by atoms with E-state index in [1.165, 1.54) is 0 Å². The topological polar surface area (TPSA) is 82.6 Å². The Hall–Kier alpha value is -0.870. The molecule has 1 saturated carbocycles. The van der Waals surface area contributed by atoms with E-state index in [2.05, 4.69) is 20.3 Å². The van der Waals surface area contributed by atoms with Gasteiger partial charge in [-0.3, -0.25) is 4.99 Å². The fraction of sp³-hybridized carbons (Fsp3) is 0.500. The number of sulfonamides is 1. The molecule has 8 heteroatoms. The number of hydrogen-bond acceptors (Lipinski definition) is 5. The van der Waals surface area contributed by atoms with Crippen LogP contribution in [-0.2, 0) is 16.6 Å². The minimum Gasteiger partial charge on any atom is -0.356 e. The normalized spacial score (nSPS) is 17.9. The highest BCUT2D eigenvalue weighted by atomic mass is 127. The van der Waals surface area contributed by atoms with Crippen LogP contribution in [0.5, 0.6) is 0 Å². The van der Waals surface area contributed by atoms with Crippen LogP contribution in [0, 0.1) is 0 Å². The lowest BCUT2D eigenvalue weighted by atomic mass is 10.2. The molecule has 1 aliphatic carbocycles. The molecule has 22 heavy (non-hydrogen) atoms. The van der Waals surface area contributed by atoms with Crippen molar-refractivity contribution in [2.45, 2.75) is 36.7 Å². The fourth-order valence-corrected chi connectivity index (χ4v) is 3.42. The van der Waals surface area contributed by atoms with E-state index in [4.69, 9.17) is 0 Å². The summed E-state index contributed by atoms with van der Waals surface area (Å²) in [6.45, 7) is 2.41. The van der Waals surface area contributed by atoms with Gasteiger partial charge in [-0.05, 0) is 37.0 Å². The third kappa shape index (κ3) is 4.82. The number of halogens is 1. The van der Waals surface area contributed by atoms with Crippen molar-refractivity contribution in [2.75, 3.05) is 13.1 Å². The van der Waals surface area contributed by atoms with E-state index in [0.29, 0.717) is 11.4 Å². The molecule has 3 N–H and O–H groups in total. The van der Waals surface area contributed by atoms with Crippen LogP contribution in [-0.4, -0.2) is 33.5 Å². The van der Waals surface area contributed by atoms with Crippen molar-refractivity contribution >= 4 is 40.0 Å². The highest BCUT2D eigenvalue weighted by Gasteiger charge is 2.27. The Bertz CT molecular complexity index is 627. The number of nitrogens with one attached hydrogen (secondary N) is 3. The van der Waals surface area contributed by atoms with Gasteiger partial charge in [-0.25, -0.2) is 13.1 Å². The number of benzene rings is 1. The summed E-state index contributed by atoms with van der Waals surface area (Å²) in [7, 11) is -3.36. The van der Waals surface area contributed by atoms with E-state index >= 15 is 0 Å². The van der Waals surface area contributed by atoms with Crippen LogP contribution < -0.4 is 15.4 Å². The molecule has 1 heterocycles. The summed E-state index contributed by atoms with van der Waals surface area (Å²) in [6.07, 6.45) is 2.94. The van der Waals surface area contributed by atoms with E-state index < -0.39 is 10.0 Å². The van der Waals surface area contributed by atoms with Crippen LogP contribution in [0.1, 0.15) is 24.8 Å². The van der Waals surface area contributed by atoms with Crippen molar-refractivity contribution in [3.05, 3.63) is 29.8 Å². The summed E-state index contributed by atoms with van der Waals surface area (Å²) in [5.74, 6) is 0.813. The summed E-state index contributed by atoms with van der Waals surface area (Å²) >= 11 is 0. The molecule has 1 aliphatic heterocycles. The third-order valence-electron chi connectivity index (χ3n) is 3.49. The summed E-state index contributed by atoms with van der Waals surface area (Å²) in [5.41, 5.74) is 1.02.